The highest BCUT2D eigenvalue weighted by Gasteiger charge is 2.29. The molecule has 2 rings (SSSR count). The third-order valence-corrected chi connectivity index (χ3v) is 3.50. The fourth-order valence-corrected chi connectivity index (χ4v) is 2.58. The Hall–Kier alpha value is -1.78. The van der Waals surface area contributed by atoms with Crippen molar-refractivity contribution in [1.29, 1.82) is 0 Å². The lowest BCUT2D eigenvalue weighted by molar-refractivity contribution is 0.0995. The lowest BCUT2D eigenvalue weighted by atomic mass is 10.0. The van der Waals surface area contributed by atoms with Crippen LogP contribution in [-0.2, 0) is 0 Å². The number of amides is 1. The first kappa shape index (κ1) is 12.7. The van der Waals surface area contributed by atoms with E-state index >= 15 is 0 Å². The Morgan fingerprint density at radius 3 is 2.83 bits per heavy atom. The molecule has 1 fully saturated rings. The van der Waals surface area contributed by atoms with Crippen molar-refractivity contribution in [2.24, 2.45) is 11.7 Å². The van der Waals surface area contributed by atoms with E-state index in [1.54, 1.807) is 12.1 Å². The van der Waals surface area contributed by atoms with Gasteiger partial charge in [0.1, 0.15) is 5.69 Å². The average Bonchev–Trinajstić information content (AvgIpc) is 2.78. The van der Waals surface area contributed by atoms with E-state index in [0.717, 1.165) is 19.4 Å². The van der Waals surface area contributed by atoms with Gasteiger partial charge < -0.3 is 16.4 Å². The van der Waals surface area contributed by atoms with Gasteiger partial charge in [-0.05, 0) is 30.9 Å². The van der Waals surface area contributed by atoms with E-state index in [9.17, 15) is 4.79 Å². The molecule has 1 unspecified atom stereocenters. The minimum atomic E-state index is -0.517. The lowest BCUT2D eigenvalue weighted by Gasteiger charge is -2.29. The van der Waals surface area contributed by atoms with Gasteiger partial charge in [-0.15, -0.1) is 0 Å². The zero-order valence-electron chi connectivity index (χ0n) is 10.9. The zero-order chi connectivity index (χ0) is 13.3. The summed E-state index contributed by atoms with van der Waals surface area (Å²) in [6.07, 6.45) is 2.27. The number of aromatic nitrogens is 1. The minimum Gasteiger partial charge on any atom is -0.396 e. The number of carbonyl (C=O) groups is 1. The van der Waals surface area contributed by atoms with E-state index in [1.807, 2.05) is 0 Å². The summed E-state index contributed by atoms with van der Waals surface area (Å²) in [5, 5.41) is 0. The molecule has 1 saturated heterocycles. The number of nitrogens with zero attached hydrogens (tertiary/aromatic N) is 2. The first-order valence-electron chi connectivity index (χ1n) is 6.33. The number of carbonyl (C=O) groups excluding carboxylic acids is 1. The maximum atomic E-state index is 11.2. The second-order valence-electron chi connectivity index (χ2n) is 5.12. The number of hydrogen-bond acceptors (Lipinski definition) is 4. The van der Waals surface area contributed by atoms with Gasteiger partial charge in [-0.1, -0.05) is 13.8 Å². The van der Waals surface area contributed by atoms with Crippen LogP contribution in [0, 0.1) is 5.92 Å². The van der Waals surface area contributed by atoms with Crippen molar-refractivity contribution in [1.82, 2.24) is 4.98 Å². The van der Waals surface area contributed by atoms with Gasteiger partial charge in [-0.3, -0.25) is 4.79 Å². The summed E-state index contributed by atoms with van der Waals surface area (Å²) < 4.78 is 0. The summed E-state index contributed by atoms with van der Waals surface area (Å²) in [4.78, 5) is 17.7. The number of anilines is 2. The molecule has 18 heavy (non-hydrogen) atoms. The molecule has 0 saturated carbocycles. The molecular formula is C13H20N4O. The van der Waals surface area contributed by atoms with Crippen LogP contribution < -0.4 is 16.4 Å². The van der Waals surface area contributed by atoms with Crippen molar-refractivity contribution in [3.05, 3.63) is 17.8 Å². The molecule has 98 valence electrons. The van der Waals surface area contributed by atoms with Crippen LogP contribution in [0.3, 0.4) is 0 Å². The van der Waals surface area contributed by atoms with E-state index in [0.29, 0.717) is 23.5 Å². The van der Waals surface area contributed by atoms with Crippen LogP contribution in [-0.4, -0.2) is 23.5 Å². The van der Waals surface area contributed by atoms with Crippen LogP contribution in [0.25, 0.3) is 0 Å². The quantitative estimate of drug-likeness (QED) is 0.846. The summed E-state index contributed by atoms with van der Waals surface area (Å²) >= 11 is 0. The predicted octanol–water partition coefficient (Wildman–Crippen LogP) is 1.39. The van der Waals surface area contributed by atoms with Crippen LogP contribution in [0.2, 0.25) is 0 Å². The van der Waals surface area contributed by atoms with E-state index < -0.39 is 5.91 Å². The molecule has 0 radical (unpaired) electrons. The molecule has 2 heterocycles. The molecule has 1 aliphatic heterocycles. The van der Waals surface area contributed by atoms with Gasteiger partial charge in [0.15, 0.2) is 5.82 Å². The Morgan fingerprint density at radius 1 is 1.50 bits per heavy atom. The van der Waals surface area contributed by atoms with Gasteiger partial charge >= 0.3 is 0 Å². The van der Waals surface area contributed by atoms with E-state index in [-0.39, 0.29) is 5.69 Å². The first-order valence-corrected chi connectivity index (χ1v) is 6.33. The lowest BCUT2D eigenvalue weighted by Crippen LogP contribution is -2.35. The number of hydrogen-bond donors (Lipinski definition) is 2. The number of nitrogen functional groups attached to an aromatic ring is 1. The highest BCUT2D eigenvalue weighted by molar-refractivity contribution is 5.92. The van der Waals surface area contributed by atoms with Crippen molar-refractivity contribution < 1.29 is 4.79 Å². The first-order chi connectivity index (χ1) is 8.50. The Kier molecular flexibility index (Phi) is 3.41. The molecule has 0 aromatic carbocycles. The molecule has 1 aliphatic rings. The van der Waals surface area contributed by atoms with E-state index in [1.165, 1.54) is 0 Å². The smallest absolute Gasteiger partial charge is 0.267 e. The van der Waals surface area contributed by atoms with Gasteiger partial charge in [0.2, 0.25) is 0 Å². The molecule has 5 heteroatoms. The molecule has 0 aliphatic carbocycles. The molecule has 1 aromatic heterocycles. The largest absolute Gasteiger partial charge is 0.396 e. The molecule has 1 atom stereocenters. The Morgan fingerprint density at radius 2 is 2.22 bits per heavy atom. The van der Waals surface area contributed by atoms with Crippen molar-refractivity contribution in [3.8, 4) is 0 Å². The number of rotatable bonds is 3. The molecule has 4 N–H and O–H groups in total. The molecule has 5 nitrogen and oxygen atoms in total. The van der Waals surface area contributed by atoms with Gasteiger partial charge in [0.25, 0.3) is 5.91 Å². The summed E-state index contributed by atoms with van der Waals surface area (Å²) in [5.74, 6) is 0.713. The van der Waals surface area contributed by atoms with Crippen LogP contribution in [0.1, 0.15) is 37.2 Å². The molecule has 0 bridgehead atoms. The van der Waals surface area contributed by atoms with Crippen molar-refractivity contribution in [3.63, 3.8) is 0 Å². The second-order valence-corrected chi connectivity index (χ2v) is 5.12. The van der Waals surface area contributed by atoms with Crippen LogP contribution in [0.15, 0.2) is 12.1 Å². The molecular weight excluding hydrogens is 228 g/mol. The van der Waals surface area contributed by atoms with Crippen molar-refractivity contribution >= 4 is 17.4 Å². The fourth-order valence-electron chi connectivity index (χ4n) is 2.58. The Labute approximate surface area is 107 Å². The average molecular weight is 248 g/mol. The van der Waals surface area contributed by atoms with Crippen LogP contribution >= 0.6 is 0 Å². The number of primary amides is 1. The maximum absolute atomic E-state index is 11.2. The molecule has 0 spiro atoms. The third-order valence-electron chi connectivity index (χ3n) is 3.50. The highest BCUT2D eigenvalue weighted by Crippen LogP contribution is 2.31. The van der Waals surface area contributed by atoms with Crippen LogP contribution in [0.5, 0.6) is 0 Å². The SMILES string of the molecule is CC(C)C1CCCN1c1nc(C(N)=O)ccc1N. The van der Waals surface area contributed by atoms with Crippen molar-refractivity contribution in [2.75, 3.05) is 17.2 Å². The number of pyridine rings is 1. The minimum absolute atomic E-state index is 0.272. The summed E-state index contributed by atoms with van der Waals surface area (Å²) in [5.41, 5.74) is 12.1. The fraction of sp³-hybridized carbons (Fsp3) is 0.538. The summed E-state index contributed by atoms with van der Waals surface area (Å²) in [6, 6.07) is 3.71. The zero-order valence-corrected chi connectivity index (χ0v) is 10.9. The summed E-state index contributed by atoms with van der Waals surface area (Å²) in [7, 11) is 0. The highest BCUT2D eigenvalue weighted by atomic mass is 16.1. The Balaban J connectivity index is 2.37. The van der Waals surface area contributed by atoms with Gasteiger partial charge in [0, 0.05) is 12.6 Å². The maximum Gasteiger partial charge on any atom is 0.267 e. The molecule has 1 aromatic rings. The topological polar surface area (TPSA) is 85.2 Å². The molecule has 1 amide bonds. The van der Waals surface area contributed by atoms with Gasteiger partial charge in [-0.2, -0.15) is 0 Å². The Bertz CT molecular complexity index is 458. The van der Waals surface area contributed by atoms with Crippen molar-refractivity contribution in [2.45, 2.75) is 32.7 Å². The van der Waals surface area contributed by atoms with E-state index in [2.05, 4.69) is 23.7 Å². The monoisotopic (exact) mass is 248 g/mol. The third kappa shape index (κ3) is 2.25. The number of nitrogens with two attached hydrogens (primary N) is 2. The van der Waals surface area contributed by atoms with Gasteiger partial charge in [0.05, 0.1) is 5.69 Å². The second kappa shape index (κ2) is 4.84. The normalized spacial score (nSPS) is 19.5. The van der Waals surface area contributed by atoms with Crippen LogP contribution in [0.4, 0.5) is 11.5 Å². The standard InChI is InChI=1S/C13H20N4O/c1-8(2)11-4-3-7-17(11)13-9(14)5-6-10(16-13)12(15)18/h5-6,8,11H,3-4,7,14H2,1-2H3,(H2,15,18). The predicted molar refractivity (Wildman–Crippen MR) is 72.4 cm³/mol. The summed E-state index contributed by atoms with van der Waals surface area (Å²) in [6.45, 7) is 5.32. The van der Waals surface area contributed by atoms with Gasteiger partial charge in [-0.25, -0.2) is 4.98 Å². The van der Waals surface area contributed by atoms with E-state index in [4.69, 9.17) is 11.5 Å².